The van der Waals surface area contributed by atoms with Gasteiger partial charge in [-0.1, -0.05) is 29.3 Å². The molecule has 6 heteroatoms. The minimum absolute atomic E-state index is 0.0512. The van der Waals surface area contributed by atoms with E-state index in [4.69, 9.17) is 4.74 Å². The first-order chi connectivity index (χ1) is 10.1. The van der Waals surface area contributed by atoms with E-state index in [0.717, 1.165) is 5.56 Å². The van der Waals surface area contributed by atoms with Gasteiger partial charge in [-0.15, -0.1) is 0 Å². The van der Waals surface area contributed by atoms with Gasteiger partial charge in [0.05, 0.1) is 0 Å². The van der Waals surface area contributed by atoms with E-state index in [-0.39, 0.29) is 19.4 Å². The first kappa shape index (κ1) is 13.6. The second-order valence-electron chi connectivity index (χ2n) is 5.23. The van der Waals surface area contributed by atoms with Gasteiger partial charge in [-0.3, -0.25) is 14.4 Å². The minimum Gasteiger partial charge on any atom is -0.428 e. The van der Waals surface area contributed by atoms with Crippen LogP contribution in [0.4, 0.5) is 4.79 Å². The Bertz CT molecular complexity index is 577. The summed E-state index contributed by atoms with van der Waals surface area (Å²) < 4.78 is 4.93. The van der Waals surface area contributed by atoms with Gasteiger partial charge in [-0.2, -0.15) is 0 Å². The summed E-state index contributed by atoms with van der Waals surface area (Å²) in [5.74, 6) is -0.419. The van der Waals surface area contributed by atoms with E-state index in [0.29, 0.717) is 11.0 Å². The van der Waals surface area contributed by atoms with Crippen molar-refractivity contribution in [3.8, 4) is 0 Å². The van der Waals surface area contributed by atoms with Crippen molar-refractivity contribution in [3.05, 3.63) is 35.4 Å². The van der Waals surface area contributed by atoms with Gasteiger partial charge in [0.1, 0.15) is 6.61 Å². The van der Waals surface area contributed by atoms with Crippen LogP contribution in [-0.4, -0.2) is 23.0 Å². The molecule has 0 N–H and O–H groups in total. The summed E-state index contributed by atoms with van der Waals surface area (Å²) in [6.07, 6.45) is 1.48. The highest BCUT2D eigenvalue weighted by molar-refractivity contribution is 6.01. The van der Waals surface area contributed by atoms with Crippen LogP contribution >= 0.6 is 0 Å². The third-order valence-electron chi connectivity index (χ3n) is 3.53. The fraction of sp³-hybridized carbons (Fsp3) is 0.400. The van der Waals surface area contributed by atoms with E-state index in [1.165, 1.54) is 18.4 Å². The van der Waals surface area contributed by atoms with E-state index in [1.807, 2.05) is 18.2 Å². The van der Waals surface area contributed by atoms with Crippen molar-refractivity contribution in [3.63, 3.8) is 0 Å². The average molecular weight is 289 g/mol. The summed E-state index contributed by atoms with van der Waals surface area (Å²) in [6, 6.07) is 7.83. The zero-order valence-electron chi connectivity index (χ0n) is 11.4. The van der Waals surface area contributed by atoms with Gasteiger partial charge in [0.15, 0.2) is 0 Å². The van der Waals surface area contributed by atoms with Crippen molar-refractivity contribution < 1.29 is 24.0 Å². The predicted octanol–water partition coefficient (Wildman–Crippen LogP) is 2.28. The maximum absolute atomic E-state index is 11.5. The van der Waals surface area contributed by atoms with Crippen molar-refractivity contribution in [2.24, 2.45) is 0 Å². The van der Waals surface area contributed by atoms with Gasteiger partial charge in [-0.25, -0.2) is 4.79 Å². The molecule has 1 heterocycles. The molecule has 6 nitrogen and oxygen atoms in total. The molecule has 2 fully saturated rings. The summed E-state index contributed by atoms with van der Waals surface area (Å²) in [6.45, 7) is 0.0512. The quantitative estimate of drug-likeness (QED) is 0.628. The first-order valence-corrected chi connectivity index (χ1v) is 6.93. The minimum atomic E-state index is -1.05. The molecule has 1 aliphatic heterocycles. The van der Waals surface area contributed by atoms with Crippen molar-refractivity contribution in [1.82, 2.24) is 5.06 Å². The maximum atomic E-state index is 11.5. The zero-order chi connectivity index (χ0) is 14.8. The Hall–Kier alpha value is -2.37. The fourth-order valence-electron chi connectivity index (χ4n) is 2.25. The Morgan fingerprint density at radius 3 is 2.57 bits per heavy atom. The molecule has 1 aromatic carbocycles. The van der Waals surface area contributed by atoms with Crippen LogP contribution in [0.1, 0.15) is 42.7 Å². The molecule has 1 saturated heterocycles. The molecular formula is C15H15NO5. The van der Waals surface area contributed by atoms with E-state index in [2.05, 4.69) is 10.9 Å². The lowest BCUT2D eigenvalue weighted by atomic mass is 10.1. The predicted molar refractivity (Wildman–Crippen MR) is 70.8 cm³/mol. The van der Waals surface area contributed by atoms with Gasteiger partial charge in [0.25, 0.3) is 11.8 Å². The number of carbonyl (C=O) groups is 3. The van der Waals surface area contributed by atoms with E-state index in [1.54, 1.807) is 0 Å². The topological polar surface area (TPSA) is 72.9 Å². The number of hydrogen-bond donors (Lipinski definition) is 0. The number of benzene rings is 1. The van der Waals surface area contributed by atoms with E-state index < -0.39 is 18.0 Å². The van der Waals surface area contributed by atoms with Crippen LogP contribution in [0.25, 0.3) is 0 Å². The van der Waals surface area contributed by atoms with Gasteiger partial charge in [0.2, 0.25) is 0 Å². The van der Waals surface area contributed by atoms with Crippen LogP contribution in [-0.2, 0) is 25.8 Å². The Labute approximate surface area is 121 Å². The molecule has 0 bridgehead atoms. The third-order valence-corrected chi connectivity index (χ3v) is 3.53. The second-order valence-corrected chi connectivity index (χ2v) is 5.23. The molecule has 110 valence electrons. The van der Waals surface area contributed by atoms with Crippen molar-refractivity contribution in [2.45, 2.75) is 38.2 Å². The smallest absolute Gasteiger partial charge is 0.428 e. The normalized spacial score (nSPS) is 18.0. The summed E-state index contributed by atoms with van der Waals surface area (Å²) in [4.78, 5) is 38.7. The summed E-state index contributed by atoms with van der Waals surface area (Å²) in [5.41, 5.74) is 2.10. The lowest BCUT2D eigenvalue weighted by molar-refractivity contribution is -0.177. The van der Waals surface area contributed by atoms with Crippen LogP contribution < -0.4 is 0 Å². The number of rotatable bonds is 4. The van der Waals surface area contributed by atoms with Crippen molar-refractivity contribution in [1.29, 1.82) is 0 Å². The highest BCUT2D eigenvalue weighted by Crippen LogP contribution is 2.40. The number of nitrogens with zero attached hydrogens (tertiary/aromatic N) is 1. The molecule has 1 saturated carbocycles. The van der Waals surface area contributed by atoms with E-state index in [9.17, 15) is 14.4 Å². The van der Waals surface area contributed by atoms with Crippen LogP contribution in [0, 0.1) is 0 Å². The lowest BCUT2D eigenvalue weighted by Crippen LogP contribution is -2.32. The van der Waals surface area contributed by atoms with Gasteiger partial charge >= 0.3 is 6.16 Å². The second kappa shape index (κ2) is 5.55. The molecule has 3 rings (SSSR count). The molecule has 0 aromatic heterocycles. The highest BCUT2D eigenvalue weighted by Gasteiger charge is 2.33. The molecular weight excluding hydrogens is 274 g/mol. The van der Waals surface area contributed by atoms with Gasteiger partial charge in [-0.05, 0) is 29.9 Å². The highest BCUT2D eigenvalue weighted by atomic mass is 16.8. The summed E-state index contributed by atoms with van der Waals surface area (Å²) in [5, 5.41) is 0.475. The molecule has 2 aliphatic rings. The third kappa shape index (κ3) is 3.21. The van der Waals surface area contributed by atoms with Gasteiger partial charge < -0.3 is 4.74 Å². The molecule has 0 radical (unpaired) electrons. The first-order valence-electron chi connectivity index (χ1n) is 6.93. The lowest BCUT2D eigenvalue weighted by Gasteiger charge is -2.12. The molecule has 1 aromatic rings. The molecule has 21 heavy (non-hydrogen) atoms. The standard InChI is InChI=1S/C15H15NO5/c17-13-6-7-14(18)16(13)21-15(19)20-9-10-2-1-3-12(8-10)11-4-5-11/h1-3,8,11H,4-7,9H2. The Kier molecular flexibility index (Phi) is 3.60. The molecule has 0 spiro atoms. The zero-order valence-corrected chi connectivity index (χ0v) is 11.4. The van der Waals surface area contributed by atoms with Crippen LogP contribution in [0.3, 0.4) is 0 Å². The number of hydrogen-bond acceptors (Lipinski definition) is 5. The molecule has 0 unspecified atom stereocenters. The monoisotopic (exact) mass is 289 g/mol. The number of hydroxylamine groups is 2. The number of amides is 2. The van der Waals surface area contributed by atoms with Crippen LogP contribution in [0.15, 0.2) is 24.3 Å². The fourth-order valence-corrected chi connectivity index (χ4v) is 2.25. The van der Waals surface area contributed by atoms with Crippen LogP contribution in [0.2, 0.25) is 0 Å². The Morgan fingerprint density at radius 1 is 1.19 bits per heavy atom. The summed E-state index contributed by atoms with van der Waals surface area (Å²) >= 11 is 0. The van der Waals surface area contributed by atoms with Crippen LogP contribution in [0.5, 0.6) is 0 Å². The number of ether oxygens (including phenoxy) is 1. The maximum Gasteiger partial charge on any atom is 0.534 e. The molecule has 0 atom stereocenters. The molecule has 1 aliphatic carbocycles. The Morgan fingerprint density at radius 2 is 1.90 bits per heavy atom. The van der Waals surface area contributed by atoms with Crippen molar-refractivity contribution >= 4 is 18.0 Å². The largest absolute Gasteiger partial charge is 0.534 e. The number of imide groups is 1. The SMILES string of the molecule is O=C(OCc1cccc(C2CC2)c1)ON1C(=O)CCC1=O. The summed E-state index contributed by atoms with van der Waals surface area (Å²) in [7, 11) is 0. The van der Waals surface area contributed by atoms with Crippen molar-refractivity contribution in [2.75, 3.05) is 0 Å². The molecule has 2 amide bonds. The van der Waals surface area contributed by atoms with Gasteiger partial charge in [0, 0.05) is 12.8 Å². The number of carbonyl (C=O) groups excluding carboxylic acids is 3. The van der Waals surface area contributed by atoms with E-state index >= 15 is 0 Å². The Balaban J connectivity index is 1.52. The average Bonchev–Trinajstić information content (AvgIpc) is 3.28.